The van der Waals surface area contributed by atoms with Crippen LogP contribution < -0.4 is 0 Å². The lowest BCUT2D eigenvalue weighted by Gasteiger charge is -2.16. The SMILES string of the molecule is Cc1cccn2c(C(=O)O)c(C(C)(C)C)nc12. The van der Waals surface area contributed by atoms with Crippen molar-refractivity contribution in [3.05, 3.63) is 35.3 Å². The topological polar surface area (TPSA) is 54.6 Å². The molecule has 2 aromatic rings. The van der Waals surface area contributed by atoms with Crippen molar-refractivity contribution < 1.29 is 9.90 Å². The van der Waals surface area contributed by atoms with Crippen molar-refractivity contribution in [1.29, 1.82) is 0 Å². The summed E-state index contributed by atoms with van der Waals surface area (Å²) >= 11 is 0. The van der Waals surface area contributed by atoms with E-state index in [1.165, 1.54) is 0 Å². The Hall–Kier alpha value is -1.84. The molecule has 17 heavy (non-hydrogen) atoms. The molecule has 4 nitrogen and oxygen atoms in total. The molecule has 2 heterocycles. The lowest BCUT2D eigenvalue weighted by Crippen LogP contribution is -2.17. The number of hydrogen-bond acceptors (Lipinski definition) is 2. The van der Waals surface area contributed by atoms with Crippen molar-refractivity contribution >= 4 is 11.6 Å². The van der Waals surface area contributed by atoms with Gasteiger partial charge in [0.2, 0.25) is 0 Å². The number of nitrogens with zero attached hydrogens (tertiary/aromatic N) is 2. The van der Waals surface area contributed by atoms with Gasteiger partial charge in [-0.05, 0) is 18.6 Å². The minimum atomic E-state index is -0.937. The Morgan fingerprint density at radius 2 is 2.06 bits per heavy atom. The fourth-order valence-corrected chi connectivity index (χ4v) is 1.93. The monoisotopic (exact) mass is 232 g/mol. The highest BCUT2D eigenvalue weighted by molar-refractivity contribution is 5.89. The fourth-order valence-electron chi connectivity index (χ4n) is 1.93. The summed E-state index contributed by atoms with van der Waals surface area (Å²) in [4.78, 5) is 15.9. The molecule has 0 radical (unpaired) electrons. The molecule has 1 N–H and O–H groups in total. The molecule has 0 atom stereocenters. The van der Waals surface area contributed by atoms with Crippen LogP contribution in [0.2, 0.25) is 0 Å². The summed E-state index contributed by atoms with van der Waals surface area (Å²) < 4.78 is 1.65. The van der Waals surface area contributed by atoms with Gasteiger partial charge in [-0.3, -0.25) is 4.40 Å². The van der Waals surface area contributed by atoms with Gasteiger partial charge in [0.05, 0.1) is 5.69 Å². The summed E-state index contributed by atoms with van der Waals surface area (Å²) in [5, 5.41) is 9.35. The van der Waals surface area contributed by atoms with Crippen molar-refractivity contribution in [3.63, 3.8) is 0 Å². The third-order valence-corrected chi connectivity index (χ3v) is 2.76. The first-order chi connectivity index (χ1) is 7.82. The molecular formula is C13H16N2O2. The van der Waals surface area contributed by atoms with E-state index >= 15 is 0 Å². The second-order valence-corrected chi connectivity index (χ2v) is 5.25. The van der Waals surface area contributed by atoms with Gasteiger partial charge in [0, 0.05) is 11.6 Å². The summed E-state index contributed by atoms with van der Waals surface area (Å²) in [6, 6.07) is 3.77. The molecule has 0 bridgehead atoms. The molecule has 2 rings (SSSR count). The molecule has 0 spiro atoms. The Kier molecular flexibility index (Phi) is 2.45. The predicted molar refractivity (Wildman–Crippen MR) is 65.6 cm³/mol. The molecule has 0 unspecified atom stereocenters. The Morgan fingerprint density at radius 1 is 1.41 bits per heavy atom. The molecular weight excluding hydrogens is 216 g/mol. The summed E-state index contributed by atoms with van der Waals surface area (Å²) in [6.07, 6.45) is 1.74. The first-order valence-corrected chi connectivity index (χ1v) is 5.54. The van der Waals surface area contributed by atoms with Gasteiger partial charge in [-0.1, -0.05) is 26.8 Å². The average molecular weight is 232 g/mol. The van der Waals surface area contributed by atoms with E-state index in [2.05, 4.69) is 4.98 Å². The zero-order chi connectivity index (χ0) is 12.8. The molecule has 0 amide bonds. The van der Waals surface area contributed by atoms with Gasteiger partial charge in [0.15, 0.2) is 5.69 Å². The second-order valence-electron chi connectivity index (χ2n) is 5.25. The van der Waals surface area contributed by atoms with E-state index in [1.54, 1.807) is 10.6 Å². The normalized spacial score (nSPS) is 12.0. The highest BCUT2D eigenvalue weighted by Crippen LogP contribution is 2.27. The predicted octanol–water partition coefficient (Wildman–Crippen LogP) is 2.64. The maximum atomic E-state index is 11.4. The van der Waals surface area contributed by atoms with Crippen molar-refractivity contribution in [2.45, 2.75) is 33.1 Å². The van der Waals surface area contributed by atoms with Crippen LogP contribution >= 0.6 is 0 Å². The number of aryl methyl sites for hydroxylation is 1. The van der Waals surface area contributed by atoms with Crippen LogP contribution in [0.5, 0.6) is 0 Å². The van der Waals surface area contributed by atoms with Gasteiger partial charge in [-0.25, -0.2) is 9.78 Å². The zero-order valence-electron chi connectivity index (χ0n) is 10.5. The Labute approximate surface area is 99.9 Å². The molecule has 0 fully saturated rings. The highest BCUT2D eigenvalue weighted by Gasteiger charge is 2.27. The van der Waals surface area contributed by atoms with E-state index in [-0.39, 0.29) is 11.1 Å². The van der Waals surface area contributed by atoms with Gasteiger partial charge >= 0.3 is 5.97 Å². The molecule has 90 valence electrons. The largest absolute Gasteiger partial charge is 0.477 e. The summed E-state index contributed by atoms with van der Waals surface area (Å²) in [6.45, 7) is 7.84. The third-order valence-electron chi connectivity index (χ3n) is 2.76. The molecule has 0 saturated heterocycles. The highest BCUT2D eigenvalue weighted by atomic mass is 16.4. The van der Waals surface area contributed by atoms with E-state index in [0.717, 1.165) is 11.2 Å². The van der Waals surface area contributed by atoms with Crippen LogP contribution in [0.4, 0.5) is 0 Å². The lowest BCUT2D eigenvalue weighted by atomic mass is 9.91. The minimum absolute atomic E-state index is 0.260. The lowest BCUT2D eigenvalue weighted by molar-refractivity contribution is 0.0686. The molecule has 2 aromatic heterocycles. The van der Waals surface area contributed by atoms with Crippen LogP contribution in [0.25, 0.3) is 5.65 Å². The maximum Gasteiger partial charge on any atom is 0.354 e. The number of carboxylic acid groups (broad SMARTS) is 1. The minimum Gasteiger partial charge on any atom is -0.477 e. The number of aromatic carboxylic acids is 1. The quantitative estimate of drug-likeness (QED) is 0.822. The van der Waals surface area contributed by atoms with Gasteiger partial charge in [-0.2, -0.15) is 0 Å². The van der Waals surface area contributed by atoms with Crippen molar-refractivity contribution in [2.24, 2.45) is 0 Å². The van der Waals surface area contributed by atoms with Crippen LogP contribution in [0.3, 0.4) is 0 Å². The molecule has 0 aliphatic rings. The van der Waals surface area contributed by atoms with Crippen molar-refractivity contribution in [3.8, 4) is 0 Å². The molecule has 0 aromatic carbocycles. The van der Waals surface area contributed by atoms with Crippen LogP contribution in [-0.4, -0.2) is 20.5 Å². The molecule has 0 aliphatic heterocycles. The van der Waals surface area contributed by atoms with Crippen LogP contribution in [0, 0.1) is 6.92 Å². The van der Waals surface area contributed by atoms with E-state index in [9.17, 15) is 9.90 Å². The summed E-state index contributed by atoms with van der Waals surface area (Å²) in [7, 11) is 0. The molecule has 0 saturated carbocycles. The van der Waals surface area contributed by atoms with Gasteiger partial charge in [0.25, 0.3) is 0 Å². The van der Waals surface area contributed by atoms with Gasteiger partial charge in [0.1, 0.15) is 5.65 Å². The first kappa shape index (κ1) is 11.6. The Morgan fingerprint density at radius 3 is 2.59 bits per heavy atom. The van der Waals surface area contributed by atoms with E-state index in [1.807, 2.05) is 39.8 Å². The van der Waals surface area contributed by atoms with Crippen LogP contribution in [0.1, 0.15) is 42.5 Å². The number of fused-ring (bicyclic) bond motifs is 1. The number of carbonyl (C=O) groups is 1. The van der Waals surface area contributed by atoms with E-state index < -0.39 is 5.97 Å². The number of rotatable bonds is 1. The van der Waals surface area contributed by atoms with E-state index in [4.69, 9.17) is 0 Å². The summed E-state index contributed by atoms with van der Waals surface area (Å²) in [5.41, 5.74) is 2.29. The molecule has 4 heteroatoms. The third kappa shape index (κ3) is 1.79. The zero-order valence-corrected chi connectivity index (χ0v) is 10.5. The number of hydrogen-bond donors (Lipinski definition) is 1. The smallest absolute Gasteiger partial charge is 0.354 e. The van der Waals surface area contributed by atoms with Crippen molar-refractivity contribution in [1.82, 2.24) is 9.38 Å². The number of carboxylic acids is 1. The number of aromatic nitrogens is 2. The first-order valence-electron chi connectivity index (χ1n) is 5.54. The van der Waals surface area contributed by atoms with Crippen LogP contribution in [0.15, 0.2) is 18.3 Å². The molecule has 0 aliphatic carbocycles. The second kappa shape index (κ2) is 3.58. The average Bonchev–Trinajstić information content (AvgIpc) is 2.57. The maximum absolute atomic E-state index is 11.4. The van der Waals surface area contributed by atoms with Crippen LogP contribution in [-0.2, 0) is 5.41 Å². The van der Waals surface area contributed by atoms with Crippen molar-refractivity contribution in [2.75, 3.05) is 0 Å². The summed E-state index contributed by atoms with van der Waals surface area (Å²) in [5.74, 6) is -0.937. The fraction of sp³-hybridized carbons (Fsp3) is 0.385. The number of imidazole rings is 1. The number of pyridine rings is 1. The Bertz CT molecular complexity index is 591. The standard InChI is InChI=1S/C13H16N2O2/c1-8-6-5-7-15-9(12(16)17)10(13(2,3)4)14-11(8)15/h5-7H,1-4H3,(H,16,17). The van der Waals surface area contributed by atoms with E-state index in [0.29, 0.717) is 5.69 Å². The van der Waals surface area contributed by atoms with Gasteiger partial charge < -0.3 is 5.11 Å². The van der Waals surface area contributed by atoms with Gasteiger partial charge in [-0.15, -0.1) is 0 Å². The Balaban J connectivity index is 2.90.